The average molecular weight is 305 g/mol. The molecule has 1 N–H and O–H groups in total. The number of phenols is 1. The molecule has 1 aromatic carbocycles. The lowest BCUT2D eigenvalue weighted by Crippen LogP contribution is -2.02. The van der Waals surface area contributed by atoms with Crippen LogP contribution in [0.2, 0.25) is 0 Å². The summed E-state index contributed by atoms with van der Waals surface area (Å²) >= 11 is 0. The highest BCUT2D eigenvalue weighted by atomic mass is 16.3. The zero-order chi connectivity index (χ0) is 16.2. The Bertz CT molecular complexity index is 409. The Balaban J connectivity index is 2.89. The quantitative estimate of drug-likeness (QED) is 0.432. The molecular weight excluding hydrogens is 268 g/mol. The van der Waals surface area contributed by atoms with Gasteiger partial charge in [0.05, 0.1) is 0 Å². The van der Waals surface area contributed by atoms with Gasteiger partial charge in [0.2, 0.25) is 0 Å². The second kappa shape index (κ2) is 11.6. The minimum atomic E-state index is 0.529. The van der Waals surface area contributed by atoms with Gasteiger partial charge < -0.3 is 5.11 Å². The molecule has 22 heavy (non-hydrogen) atoms. The fourth-order valence-electron chi connectivity index (χ4n) is 3.22. The summed E-state index contributed by atoms with van der Waals surface area (Å²) in [5.74, 6) is 0.529. The Morgan fingerprint density at radius 3 is 1.68 bits per heavy atom. The van der Waals surface area contributed by atoms with Gasteiger partial charge in [0.15, 0.2) is 0 Å². The Morgan fingerprint density at radius 2 is 1.14 bits per heavy atom. The van der Waals surface area contributed by atoms with Gasteiger partial charge in [-0.3, -0.25) is 0 Å². The molecule has 0 aromatic heterocycles. The van der Waals surface area contributed by atoms with Crippen LogP contribution < -0.4 is 0 Å². The molecular formula is C21H36O. The highest BCUT2D eigenvalue weighted by molar-refractivity contribution is 5.45. The van der Waals surface area contributed by atoms with Crippen molar-refractivity contribution in [1.82, 2.24) is 0 Å². The zero-order valence-corrected chi connectivity index (χ0v) is 15.1. The van der Waals surface area contributed by atoms with Crippen molar-refractivity contribution in [3.05, 3.63) is 28.8 Å². The maximum Gasteiger partial charge on any atom is 0.119 e. The van der Waals surface area contributed by atoms with Crippen LogP contribution >= 0.6 is 0 Å². The van der Waals surface area contributed by atoms with Crippen molar-refractivity contribution in [2.75, 3.05) is 0 Å². The maximum atomic E-state index is 10.3. The largest absolute Gasteiger partial charge is 0.508 e. The van der Waals surface area contributed by atoms with Gasteiger partial charge in [-0.05, 0) is 61.3 Å². The first kappa shape index (κ1) is 19.1. The summed E-state index contributed by atoms with van der Waals surface area (Å²) < 4.78 is 0. The summed E-state index contributed by atoms with van der Waals surface area (Å²) in [4.78, 5) is 0. The second-order valence-electron chi connectivity index (χ2n) is 6.57. The maximum absolute atomic E-state index is 10.3. The Labute approximate surface area is 138 Å². The van der Waals surface area contributed by atoms with Crippen LogP contribution in [0.25, 0.3) is 0 Å². The first-order valence-corrected chi connectivity index (χ1v) is 9.57. The number of unbranched alkanes of at least 4 members (excludes halogenated alkanes) is 6. The van der Waals surface area contributed by atoms with Gasteiger partial charge in [-0.15, -0.1) is 0 Å². The second-order valence-corrected chi connectivity index (χ2v) is 6.57. The first-order chi connectivity index (χ1) is 10.7. The van der Waals surface area contributed by atoms with E-state index in [-0.39, 0.29) is 0 Å². The number of phenolic OH excluding ortho intramolecular Hbond substituents is 1. The van der Waals surface area contributed by atoms with Crippen LogP contribution in [0.3, 0.4) is 0 Å². The van der Waals surface area contributed by atoms with E-state index in [9.17, 15) is 5.11 Å². The molecule has 0 unspecified atom stereocenters. The van der Waals surface area contributed by atoms with Crippen molar-refractivity contribution in [3.63, 3.8) is 0 Å². The molecule has 1 rings (SSSR count). The number of hydrogen-bond donors (Lipinski definition) is 1. The smallest absolute Gasteiger partial charge is 0.119 e. The third-order valence-corrected chi connectivity index (χ3v) is 4.61. The SMILES string of the molecule is CCCCCc1ccc(O)c(CCCCC)c1CCCCC. The van der Waals surface area contributed by atoms with E-state index in [0.29, 0.717) is 5.75 Å². The lowest BCUT2D eigenvalue weighted by Gasteiger charge is -2.17. The van der Waals surface area contributed by atoms with Crippen LogP contribution in [0.5, 0.6) is 5.75 Å². The van der Waals surface area contributed by atoms with E-state index in [4.69, 9.17) is 0 Å². The topological polar surface area (TPSA) is 20.2 Å². The van der Waals surface area contributed by atoms with Crippen molar-refractivity contribution < 1.29 is 5.11 Å². The van der Waals surface area contributed by atoms with Crippen molar-refractivity contribution in [1.29, 1.82) is 0 Å². The van der Waals surface area contributed by atoms with E-state index < -0.39 is 0 Å². The van der Waals surface area contributed by atoms with Crippen LogP contribution in [0, 0.1) is 0 Å². The Hall–Kier alpha value is -0.980. The fraction of sp³-hybridized carbons (Fsp3) is 0.714. The van der Waals surface area contributed by atoms with Gasteiger partial charge in [-0.25, -0.2) is 0 Å². The van der Waals surface area contributed by atoms with E-state index in [0.717, 1.165) is 12.8 Å². The van der Waals surface area contributed by atoms with Crippen molar-refractivity contribution in [3.8, 4) is 5.75 Å². The van der Waals surface area contributed by atoms with Crippen molar-refractivity contribution in [2.45, 2.75) is 97.8 Å². The molecule has 0 atom stereocenters. The number of aromatic hydroxyl groups is 1. The van der Waals surface area contributed by atoms with Gasteiger partial charge in [0.25, 0.3) is 0 Å². The average Bonchev–Trinajstić information content (AvgIpc) is 2.52. The number of hydrogen-bond acceptors (Lipinski definition) is 1. The van der Waals surface area contributed by atoms with Crippen LogP contribution in [-0.2, 0) is 19.3 Å². The molecule has 0 fully saturated rings. The molecule has 0 radical (unpaired) electrons. The van der Waals surface area contributed by atoms with E-state index >= 15 is 0 Å². The van der Waals surface area contributed by atoms with Gasteiger partial charge in [-0.2, -0.15) is 0 Å². The molecule has 0 spiro atoms. The molecule has 1 heteroatoms. The molecule has 0 bridgehead atoms. The van der Waals surface area contributed by atoms with Gasteiger partial charge in [-0.1, -0.05) is 65.4 Å². The predicted molar refractivity (Wildman–Crippen MR) is 97.8 cm³/mol. The molecule has 0 aliphatic rings. The van der Waals surface area contributed by atoms with Crippen LogP contribution in [-0.4, -0.2) is 5.11 Å². The monoisotopic (exact) mass is 304 g/mol. The third-order valence-electron chi connectivity index (χ3n) is 4.61. The van der Waals surface area contributed by atoms with E-state index in [1.165, 1.54) is 80.9 Å². The summed E-state index contributed by atoms with van der Waals surface area (Å²) in [7, 11) is 0. The van der Waals surface area contributed by atoms with Gasteiger partial charge in [0, 0.05) is 0 Å². The van der Waals surface area contributed by atoms with Crippen molar-refractivity contribution in [2.24, 2.45) is 0 Å². The van der Waals surface area contributed by atoms with Crippen molar-refractivity contribution >= 4 is 0 Å². The highest BCUT2D eigenvalue weighted by Crippen LogP contribution is 2.29. The highest BCUT2D eigenvalue weighted by Gasteiger charge is 2.12. The van der Waals surface area contributed by atoms with Gasteiger partial charge in [0.1, 0.15) is 5.75 Å². The summed E-state index contributed by atoms with van der Waals surface area (Å²) in [6, 6.07) is 4.11. The molecule has 1 aromatic rings. The zero-order valence-electron chi connectivity index (χ0n) is 15.1. The van der Waals surface area contributed by atoms with Crippen LogP contribution in [0.15, 0.2) is 12.1 Å². The normalized spacial score (nSPS) is 11.0. The molecule has 126 valence electrons. The third kappa shape index (κ3) is 6.42. The van der Waals surface area contributed by atoms with E-state index in [2.05, 4.69) is 26.8 Å². The lowest BCUT2D eigenvalue weighted by molar-refractivity contribution is 0.464. The molecule has 0 saturated carbocycles. The lowest BCUT2D eigenvalue weighted by atomic mass is 9.90. The standard InChI is InChI=1S/C21H36O/c1-4-7-10-13-18-16-17-21(22)20(15-12-9-6-3)19(18)14-11-8-5-2/h16-17,22H,4-15H2,1-3H3. The summed E-state index contributed by atoms with van der Waals surface area (Å²) in [6.45, 7) is 6.76. The van der Waals surface area contributed by atoms with E-state index in [1.807, 2.05) is 6.07 Å². The molecule has 0 heterocycles. The van der Waals surface area contributed by atoms with Gasteiger partial charge >= 0.3 is 0 Å². The minimum Gasteiger partial charge on any atom is -0.508 e. The number of benzene rings is 1. The number of rotatable bonds is 12. The Morgan fingerprint density at radius 1 is 0.636 bits per heavy atom. The molecule has 0 aliphatic heterocycles. The van der Waals surface area contributed by atoms with Crippen LogP contribution in [0.4, 0.5) is 0 Å². The summed E-state index contributed by atoms with van der Waals surface area (Å²) in [5, 5.41) is 10.3. The summed E-state index contributed by atoms with van der Waals surface area (Å²) in [5.41, 5.74) is 4.22. The molecule has 0 aliphatic carbocycles. The van der Waals surface area contributed by atoms with E-state index in [1.54, 1.807) is 0 Å². The molecule has 0 saturated heterocycles. The fourth-order valence-corrected chi connectivity index (χ4v) is 3.22. The van der Waals surface area contributed by atoms with Crippen LogP contribution in [0.1, 0.15) is 95.2 Å². The molecule has 1 nitrogen and oxygen atoms in total. The minimum absolute atomic E-state index is 0.529. The Kier molecular flexibility index (Phi) is 10.0. The summed E-state index contributed by atoms with van der Waals surface area (Å²) in [6.07, 6.45) is 14.7. The first-order valence-electron chi connectivity index (χ1n) is 9.57. The predicted octanol–water partition coefficient (Wildman–Crippen LogP) is 6.59. The molecule has 0 amide bonds. The number of aryl methyl sites for hydroxylation is 1.